The van der Waals surface area contributed by atoms with Crippen molar-refractivity contribution in [1.29, 1.82) is 0 Å². The molecular weight excluding hydrogens is 421 g/mol. The predicted molar refractivity (Wildman–Crippen MR) is 105 cm³/mol. The second-order valence-corrected chi connectivity index (χ2v) is 9.97. The lowest BCUT2D eigenvalue weighted by Gasteiger charge is -2.29. The normalized spacial score (nSPS) is 25.8. The Morgan fingerprint density at radius 1 is 1.17 bits per heavy atom. The summed E-state index contributed by atoms with van der Waals surface area (Å²) >= 11 is 2.46. The van der Waals surface area contributed by atoms with E-state index in [1.54, 1.807) is 12.1 Å². The molecule has 5 heteroatoms. The molecule has 1 aliphatic rings. The Hall–Kier alpha value is -0.140. The molecule has 0 N–H and O–H groups in total. The molecule has 0 saturated carbocycles. The number of unbranched alkanes of at least 4 members (excludes halogenated alkanes) is 2. The molecule has 1 heterocycles. The molecule has 23 heavy (non-hydrogen) atoms. The number of aryl methyl sites for hydroxylation is 1. The van der Waals surface area contributed by atoms with E-state index in [0.717, 1.165) is 31.2 Å². The highest BCUT2D eigenvalue weighted by Gasteiger charge is 2.45. The zero-order valence-corrected chi connectivity index (χ0v) is 17.3. The summed E-state index contributed by atoms with van der Waals surface area (Å²) in [4.78, 5) is 0.438. The SMILES string of the molecule is CCCCC[C@H]1[C@H](I)C[C@H](CC)N1S(=O)(=O)c1ccc(C)cc1. The minimum atomic E-state index is -3.41. The minimum Gasteiger partial charge on any atom is -0.207 e. The van der Waals surface area contributed by atoms with Crippen LogP contribution in [0.15, 0.2) is 29.2 Å². The van der Waals surface area contributed by atoms with Gasteiger partial charge in [-0.3, -0.25) is 0 Å². The first kappa shape index (κ1) is 19.2. The Morgan fingerprint density at radius 2 is 1.83 bits per heavy atom. The number of hydrogen-bond donors (Lipinski definition) is 0. The Morgan fingerprint density at radius 3 is 2.39 bits per heavy atom. The topological polar surface area (TPSA) is 37.4 Å². The van der Waals surface area contributed by atoms with Crippen LogP contribution in [0.2, 0.25) is 0 Å². The van der Waals surface area contributed by atoms with Gasteiger partial charge in [0.25, 0.3) is 0 Å². The van der Waals surface area contributed by atoms with Gasteiger partial charge in [-0.25, -0.2) is 8.42 Å². The quantitative estimate of drug-likeness (QED) is 0.337. The van der Waals surface area contributed by atoms with Crippen LogP contribution >= 0.6 is 22.6 Å². The number of nitrogens with zero attached hydrogens (tertiary/aromatic N) is 1. The molecule has 1 aromatic rings. The predicted octanol–water partition coefficient (Wildman–Crippen LogP) is 4.92. The van der Waals surface area contributed by atoms with E-state index in [4.69, 9.17) is 0 Å². The number of sulfonamides is 1. The number of benzene rings is 1. The van der Waals surface area contributed by atoms with Crippen molar-refractivity contribution in [1.82, 2.24) is 4.31 Å². The second kappa shape index (κ2) is 8.30. The average molecular weight is 449 g/mol. The van der Waals surface area contributed by atoms with Gasteiger partial charge in [0.15, 0.2) is 0 Å². The lowest BCUT2D eigenvalue weighted by atomic mass is 10.1. The van der Waals surface area contributed by atoms with E-state index in [-0.39, 0.29) is 12.1 Å². The summed E-state index contributed by atoms with van der Waals surface area (Å²) in [5.41, 5.74) is 1.09. The van der Waals surface area contributed by atoms with Crippen molar-refractivity contribution in [2.45, 2.75) is 80.2 Å². The van der Waals surface area contributed by atoms with E-state index >= 15 is 0 Å². The number of rotatable bonds is 7. The first-order valence-corrected chi connectivity index (χ1v) is 11.3. The van der Waals surface area contributed by atoms with Crippen LogP contribution in [-0.4, -0.2) is 28.7 Å². The third-order valence-electron chi connectivity index (χ3n) is 4.77. The van der Waals surface area contributed by atoms with Crippen molar-refractivity contribution in [3.63, 3.8) is 0 Å². The Balaban J connectivity index is 2.31. The summed E-state index contributed by atoms with van der Waals surface area (Å²) in [7, 11) is -3.41. The van der Waals surface area contributed by atoms with Crippen LogP contribution in [0.4, 0.5) is 0 Å². The summed E-state index contributed by atoms with van der Waals surface area (Å²) in [6, 6.07) is 7.55. The molecule has 2 rings (SSSR count). The van der Waals surface area contributed by atoms with Gasteiger partial charge >= 0.3 is 0 Å². The number of halogens is 1. The maximum Gasteiger partial charge on any atom is 0.243 e. The van der Waals surface area contributed by atoms with Crippen molar-refractivity contribution in [2.75, 3.05) is 0 Å². The molecule has 130 valence electrons. The molecule has 1 fully saturated rings. The fourth-order valence-corrected chi connectivity index (χ4v) is 6.89. The Bertz CT molecular complexity index is 600. The van der Waals surface area contributed by atoms with Gasteiger partial charge < -0.3 is 0 Å². The Kier molecular flexibility index (Phi) is 6.92. The van der Waals surface area contributed by atoms with Gasteiger partial charge in [-0.05, 0) is 38.3 Å². The van der Waals surface area contributed by atoms with Gasteiger partial charge in [0, 0.05) is 16.0 Å². The molecule has 1 saturated heterocycles. The van der Waals surface area contributed by atoms with Crippen LogP contribution in [0.25, 0.3) is 0 Å². The van der Waals surface area contributed by atoms with Gasteiger partial charge in [0.2, 0.25) is 10.0 Å². The fourth-order valence-electron chi connectivity index (χ4n) is 3.42. The van der Waals surface area contributed by atoms with Crippen LogP contribution in [0.5, 0.6) is 0 Å². The van der Waals surface area contributed by atoms with Gasteiger partial charge in [-0.1, -0.05) is 73.4 Å². The van der Waals surface area contributed by atoms with Crippen molar-refractivity contribution in [3.05, 3.63) is 29.8 Å². The summed E-state index contributed by atoms with van der Waals surface area (Å²) in [5, 5.41) is 0. The van der Waals surface area contributed by atoms with Crippen LogP contribution in [0.3, 0.4) is 0 Å². The number of hydrogen-bond acceptors (Lipinski definition) is 2. The lowest BCUT2D eigenvalue weighted by molar-refractivity contribution is 0.301. The maximum atomic E-state index is 13.2. The van der Waals surface area contributed by atoms with Crippen LogP contribution in [-0.2, 0) is 10.0 Å². The van der Waals surface area contributed by atoms with Gasteiger partial charge in [-0.15, -0.1) is 0 Å². The van der Waals surface area contributed by atoms with E-state index < -0.39 is 10.0 Å². The highest BCUT2D eigenvalue weighted by Crippen LogP contribution is 2.38. The molecule has 1 aliphatic heterocycles. The third kappa shape index (κ3) is 4.28. The van der Waals surface area contributed by atoms with Crippen molar-refractivity contribution in [3.8, 4) is 0 Å². The summed E-state index contributed by atoms with van der Waals surface area (Å²) < 4.78 is 28.7. The van der Waals surface area contributed by atoms with Crippen LogP contribution in [0.1, 0.15) is 57.9 Å². The minimum absolute atomic E-state index is 0.134. The van der Waals surface area contributed by atoms with Crippen molar-refractivity contribution < 1.29 is 8.42 Å². The molecule has 0 aliphatic carbocycles. The third-order valence-corrected chi connectivity index (χ3v) is 8.10. The monoisotopic (exact) mass is 449 g/mol. The molecule has 0 radical (unpaired) electrons. The first-order chi connectivity index (χ1) is 10.9. The summed E-state index contributed by atoms with van der Waals surface area (Å²) in [6.45, 7) is 6.27. The molecule has 1 aromatic carbocycles. The highest BCUT2D eigenvalue weighted by molar-refractivity contribution is 14.1. The summed E-state index contributed by atoms with van der Waals surface area (Å²) in [5.74, 6) is 0. The molecule has 0 unspecified atom stereocenters. The second-order valence-electron chi connectivity index (χ2n) is 6.52. The Labute approximate surface area is 155 Å². The van der Waals surface area contributed by atoms with Crippen molar-refractivity contribution in [2.24, 2.45) is 0 Å². The van der Waals surface area contributed by atoms with E-state index in [9.17, 15) is 8.42 Å². The zero-order chi connectivity index (χ0) is 17.0. The highest BCUT2D eigenvalue weighted by atomic mass is 127. The fraction of sp³-hybridized carbons (Fsp3) is 0.667. The van der Waals surface area contributed by atoms with Gasteiger partial charge in [-0.2, -0.15) is 4.31 Å². The molecule has 0 spiro atoms. The molecule has 3 nitrogen and oxygen atoms in total. The lowest BCUT2D eigenvalue weighted by Crippen LogP contribution is -2.42. The summed E-state index contributed by atoms with van der Waals surface area (Å²) in [6.07, 6.45) is 6.28. The van der Waals surface area contributed by atoms with Crippen LogP contribution in [0, 0.1) is 6.92 Å². The molecule has 0 amide bonds. The zero-order valence-electron chi connectivity index (χ0n) is 14.3. The largest absolute Gasteiger partial charge is 0.243 e. The van der Waals surface area contributed by atoms with E-state index in [2.05, 4.69) is 36.4 Å². The molecule has 3 atom stereocenters. The van der Waals surface area contributed by atoms with Gasteiger partial charge in [0.1, 0.15) is 0 Å². The standard InChI is InChI=1S/C18H28INO2S/c1-4-6-7-8-18-17(19)13-15(5-2)20(18)23(21,22)16-11-9-14(3)10-12-16/h9-12,15,17-18H,4-8,13H2,1-3H3/t15-,17+,18-/m0/s1. The van der Waals surface area contributed by atoms with E-state index in [1.807, 2.05) is 23.4 Å². The molecule has 0 bridgehead atoms. The maximum absolute atomic E-state index is 13.2. The molecular formula is C18H28INO2S. The van der Waals surface area contributed by atoms with E-state index in [1.165, 1.54) is 12.8 Å². The smallest absolute Gasteiger partial charge is 0.207 e. The average Bonchev–Trinajstić information content (AvgIpc) is 2.85. The molecule has 0 aromatic heterocycles. The van der Waals surface area contributed by atoms with Crippen molar-refractivity contribution >= 4 is 32.6 Å². The van der Waals surface area contributed by atoms with Gasteiger partial charge in [0.05, 0.1) is 4.90 Å². The van der Waals surface area contributed by atoms with Crippen LogP contribution < -0.4 is 0 Å². The van der Waals surface area contributed by atoms with E-state index in [0.29, 0.717) is 8.82 Å². The first-order valence-electron chi connectivity index (χ1n) is 8.66. The number of alkyl halides is 1.